The highest BCUT2D eigenvalue weighted by atomic mass is 35.5. The Morgan fingerprint density at radius 3 is 2.61 bits per heavy atom. The number of benzene rings is 2. The molecule has 2 aromatic carbocycles. The Hall–Kier alpha value is -3.95. The molecule has 0 aliphatic carbocycles. The molecule has 190 valence electrons. The fraction of sp³-hybridized carbons (Fsp3) is 0.214. The van der Waals surface area contributed by atoms with Crippen molar-refractivity contribution in [3.05, 3.63) is 86.8 Å². The minimum Gasteiger partial charge on any atom is -0.370 e. The molecule has 0 atom stereocenters. The van der Waals surface area contributed by atoms with Gasteiger partial charge in [-0.1, -0.05) is 35.9 Å². The summed E-state index contributed by atoms with van der Waals surface area (Å²) in [5, 5.41) is 2.19. The Kier molecular flexibility index (Phi) is 5.05. The number of H-pyrrole nitrogens is 1. The lowest BCUT2D eigenvalue weighted by Gasteiger charge is -2.60. The minimum absolute atomic E-state index is 0.120. The van der Waals surface area contributed by atoms with E-state index in [2.05, 4.69) is 14.9 Å². The van der Waals surface area contributed by atoms with E-state index in [1.165, 1.54) is 15.9 Å². The molecule has 1 amide bonds. The van der Waals surface area contributed by atoms with Gasteiger partial charge in [0.2, 0.25) is 5.91 Å². The number of pyridine rings is 1. The van der Waals surface area contributed by atoms with Crippen molar-refractivity contribution in [2.75, 3.05) is 31.1 Å². The van der Waals surface area contributed by atoms with Gasteiger partial charge in [0.05, 0.1) is 17.4 Å². The topological polar surface area (TPSA) is 91.3 Å². The molecule has 0 bridgehead atoms. The molecule has 5 aromatic rings. The number of hydrogen-bond donors (Lipinski definition) is 1. The van der Waals surface area contributed by atoms with Crippen molar-refractivity contribution in [1.29, 1.82) is 0 Å². The maximum Gasteiger partial charge on any atom is 0.333 e. The molecule has 1 N–H and O–H groups in total. The first-order chi connectivity index (χ1) is 18.3. The van der Waals surface area contributed by atoms with Crippen LogP contribution in [0.3, 0.4) is 0 Å². The molecule has 2 fully saturated rings. The predicted octanol–water partition coefficient (Wildman–Crippen LogP) is 4.28. The van der Waals surface area contributed by atoms with Crippen LogP contribution in [0.4, 0.5) is 5.69 Å². The zero-order chi connectivity index (χ0) is 26.2. The first kappa shape index (κ1) is 23.2. The van der Waals surface area contributed by atoms with E-state index >= 15 is 0 Å². The fourth-order valence-electron chi connectivity index (χ4n) is 5.66. The molecular formula is C28H22ClN5O3S. The van der Waals surface area contributed by atoms with E-state index in [1.54, 1.807) is 31.5 Å². The van der Waals surface area contributed by atoms with Crippen molar-refractivity contribution in [3.8, 4) is 16.1 Å². The van der Waals surface area contributed by atoms with Crippen molar-refractivity contribution in [2.24, 2.45) is 5.41 Å². The number of nitrogens with zero attached hydrogens (tertiary/aromatic N) is 4. The third kappa shape index (κ3) is 3.49. The fourth-order valence-corrected chi connectivity index (χ4v) is 7.04. The number of halogens is 1. The van der Waals surface area contributed by atoms with Gasteiger partial charge in [-0.2, -0.15) is 0 Å². The van der Waals surface area contributed by atoms with Gasteiger partial charge in [0.15, 0.2) is 0 Å². The van der Waals surface area contributed by atoms with Gasteiger partial charge >= 0.3 is 5.69 Å². The number of anilines is 1. The van der Waals surface area contributed by atoms with Gasteiger partial charge in [0.1, 0.15) is 4.70 Å². The number of amides is 1. The molecule has 5 heterocycles. The zero-order valence-electron chi connectivity index (χ0n) is 20.4. The Bertz CT molecular complexity index is 1890. The highest BCUT2D eigenvalue weighted by molar-refractivity contribution is 7.22. The average Bonchev–Trinajstić information content (AvgIpc) is 3.26. The van der Waals surface area contributed by atoms with Crippen molar-refractivity contribution in [1.82, 2.24) is 19.4 Å². The van der Waals surface area contributed by atoms with Crippen molar-refractivity contribution in [2.45, 2.75) is 6.92 Å². The van der Waals surface area contributed by atoms with Gasteiger partial charge in [-0.25, -0.2) is 9.36 Å². The predicted molar refractivity (Wildman–Crippen MR) is 151 cm³/mol. The lowest BCUT2D eigenvalue weighted by Crippen LogP contribution is -2.72. The Morgan fingerprint density at radius 2 is 1.84 bits per heavy atom. The van der Waals surface area contributed by atoms with Crippen LogP contribution in [0.25, 0.3) is 37.1 Å². The summed E-state index contributed by atoms with van der Waals surface area (Å²) in [5.74, 6) is 0.120. The van der Waals surface area contributed by atoms with Gasteiger partial charge in [-0.3, -0.25) is 14.6 Å². The summed E-state index contributed by atoms with van der Waals surface area (Å²) in [6.45, 7) is 4.94. The molecule has 1 spiro atoms. The first-order valence-electron chi connectivity index (χ1n) is 12.2. The van der Waals surface area contributed by atoms with E-state index in [0.717, 1.165) is 53.1 Å². The van der Waals surface area contributed by atoms with Crippen molar-refractivity contribution < 1.29 is 4.79 Å². The molecule has 2 aliphatic rings. The lowest BCUT2D eigenvalue weighted by molar-refractivity contribution is -0.142. The van der Waals surface area contributed by atoms with E-state index in [0.29, 0.717) is 20.9 Å². The molecule has 8 nitrogen and oxygen atoms in total. The molecule has 0 radical (unpaired) electrons. The quantitative estimate of drug-likeness (QED) is 0.367. The molecule has 2 aliphatic heterocycles. The highest BCUT2D eigenvalue weighted by Gasteiger charge is 2.52. The summed E-state index contributed by atoms with van der Waals surface area (Å²) in [6, 6.07) is 15.2. The summed E-state index contributed by atoms with van der Waals surface area (Å²) >= 11 is 7.68. The van der Waals surface area contributed by atoms with Crippen molar-refractivity contribution >= 4 is 55.5 Å². The van der Waals surface area contributed by atoms with Crippen LogP contribution in [-0.4, -0.2) is 51.5 Å². The molecule has 7 rings (SSSR count). The lowest BCUT2D eigenvalue weighted by atomic mass is 9.72. The van der Waals surface area contributed by atoms with Crippen LogP contribution in [0.2, 0.25) is 5.02 Å². The Morgan fingerprint density at radius 1 is 1.05 bits per heavy atom. The number of aromatic nitrogens is 3. The second-order valence-corrected chi connectivity index (χ2v) is 11.7. The summed E-state index contributed by atoms with van der Waals surface area (Å²) in [6.07, 6.45) is 3.29. The van der Waals surface area contributed by atoms with E-state index in [4.69, 9.17) is 11.6 Å². The maximum atomic E-state index is 13.7. The number of carbonyl (C=O) groups excluding carboxylic acids is 1. The summed E-state index contributed by atoms with van der Waals surface area (Å²) in [5.41, 5.74) is 1.99. The van der Waals surface area contributed by atoms with Gasteiger partial charge < -0.3 is 14.8 Å². The largest absolute Gasteiger partial charge is 0.370 e. The number of likely N-dealkylation sites (tertiary alicyclic amines) is 1. The third-order valence-corrected chi connectivity index (χ3v) is 9.08. The number of carbonyl (C=O) groups is 1. The molecular weight excluding hydrogens is 522 g/mol. The van der Waals surface area contributed by atoms with Crippen LogP contribution in [-0.2, 0) is 4.79 Å². The summed E-state index contributed by atoms with van der Waals surface area (Å²) in [4.78, 5) is 50.6. The second kappa shape index (κ2) is 8.28. The monoisotopic (exact) mass is 543 g/mol. The first-order valence-corrected chi connectivity index (χ1v) is 13.4. The highest BCUT2D eigenvalue weighted by Crippen LogP contribution is 2.42. The number of thiophene rings is 1. The molecule has 3 aromatic heterocycles. The van der Waals surface area contributed by atoms with E-state index in [-0.39, 0.29) is 11.3 Å². The summed E-state index contributed by atoms with van der Waals surface area (Å²) < 4.78 is 1.61. The smallest absolute Gasteiger partial charge is 0.333 e. The van der Waals surface area contributed by atoms with E-state index in [1.807, 2.05) is 41.3 Å². The number of nitrogens with one attached hydrogen (secondary N) is 1. The SMILES string of the molecule is CC(=O)N1CC2(C1)CN(c1ccc3cncc(-n4c(=O)[nH]c5cc(-c6ccccc6Cl)sc5c4=O)c3c1)C2. The van der Waals surface area contributed by atoms with Crippen molar-refractivity contribution in [3.63, 3.8) is 0 Å². The second-order valence-electron chi connectivity index (χ2n) is 10.2. The van der Waals surface area contributed by atoms with Gasteiger partial charge in [0.25, 0.3) is 5.56 Å². The molecule has 38 heavy (non-hydrogen) atoms. The van der Waals surface area contributed by atoms with Crippen LogP contribution in [0.15, 0.2) is 70.5 Å². The van der Waals surface area contributed by atoms with Crippen LogP contribution in [0.5, 0.6) is 0 Å². The van der Waals surface area contributed by atoms with Crippen LogP contribution >= 0.6 is 22.9 Å². The number of hydrogen-bond acceptors (Lipinski definition) is 6. The summed E-state index contributed by atoms with van der Waals surface area (Å²) in [7, 11) is 0. The minimum atomic E-state index is -0.521. The number of rotatable bonds is 3. The van der Waals surface area contributed by atoms with Gasteiger partial charge in [-0.15, -0.1) is 11.3 Å². The Labute approximate surface area is 225 Å². The molecule has 0 unspecified atom stereocenters. The molecule has 0 saturated carbocycles. The van der Waals surface area contributed by atoms with E-state index in [9.17, 15) is 14.4 Å². The van der Waals surface area contributed by atoms with Crippen LogP contribution < -0.4 is 16.1 Å². The van der Waals surface area contributed by atoms with Crippen LogP contribution in [0.1, 0.15) is 6.92 Å². The standard InChI is InChI=1S/C28H22ClN5O3S/c1-16(35)32-12-28(13-32)14-33(15-28)18-7-6-17-10-30-11-23(20(17)8-18)34-26(36)25-22(31-27(34)37)9-24(38-25)19-4-2-3-5-21(19)29/h2-11H,12-15H2,1H3,(H,31,37). The molecule has 2 saturated heterocycles. The van der Waals surface area contributed by atoms with Gasteiger partial charge in [0, 0.05) is 76.6 Å². The van der Waals surface area contributed by atoms with Gasteiger partial charge in [-0.05, 0) is 24.3 Å². The number of fused-ring (bicyclic) bond motifs is 2. The third-order valence-electron chi connectivity index (χ3n) is 7.59. The maximum absolute atomic E-state index is 13.7. The normalized spacial score (nSPS) is 16.2. The molecule has 10 heteroatoms. The Balaban J connectivity index is 1.29. The van der Waals surface area contributed by atoms with E-state index < -0.39 is 11.2 Å². The zero-order valence-corrected chi connectivity index (χ0v) is 22.0. The van der Waals surface area contributed by atoms with Crippen LogP contribution in [0, 0.1) is 5.41 Å². The number of aromatic amines is 1. The average molecular weight is 544 g/mol.